The van der Waals surface area contributed by atoms with Gasteiger partial charge in [0, 0.05) is 23.9 Å². The Balaban J connectivity index is 1.47. The van der Waals surface area contributed by atoms with Crippen molar-refractivity contribution < 1.29 is 13.9 Å². The summed E-state index contributed by atoms with van der Waals surface area (Å²) in [6, 6.07) is 13.7. The molecule has 3 aromatic rings. The van der Waals surface area contributed by atoms with Crippen LogP contribution in [0, 0.1) is 20.8 Å². The topological polar surface area (TPSA) is 68.5 Å². The van der Waals surface area contributed by atoms with Crippen LogP contribution in [0.15, 0.2) is 51.7 Å². The van der Waals surface area contributed by atoms with Crippen molar-refractivity contribution in [2.24, 2.45) is 0 Å². The average Bonchev–Trinajstić information content (AvgIpc) is 2.67. The van der Waals surface area contributed by atoms with Crippen LogP contribution in [0.2, 0.25) is 0 Å². The molecule has 0 saturated heterocycles. The fourth-order valence-electron chi connectivity index (χ4n) is 3.31. The lowest BCUT2D eigenvalue weighted by molar-refractivity contribution is -0.121. The molecule has 1 N–H and O–H groups in total. The Morgan fingerprint density at radius 2 is 1.86 bits per heavy atom. The van der Waals surface area contributed by atoms with Crippen LogP contribution in [0.3, 0.4) is 0 Å². The van der Waals surface area contributed by atoms with E-state index < -0.39 is 0 Å². The lowest BCUT2D eigenvalue weighted by atomic mass is 10.0. The molecule has 1 amide bonds. The summed E-state index contributed by atoms with van der Waals surface area (Å²) in [4.78, 5) is 24.5. The summed E-state index contributed by atoms with van der Waals surface area (Å²) in [5.41, 5.74) is 3.88. The molecule has 0 aliphatic carbocycles. The quantitative estimate of drug-likeness (QED) is 0.459. The number of aryl methyl sites for hydroxylation is 3. The van der Waals surface area contributed by atoms with Crippen LogP contribution in [-0.2, 0) is 11.2 Å². The average molecular weight is 393 g/mol. The zero-order valence-electron chi connectivity index (χ0n) is 17.2. The molecule has 152 valence electrons. The number of carbonyl (C=O) groups is 1. The van der Waals surface area contributed by atoms with E-state index in [-0.39, 0.29) is 18.0 Å². The third-order valence-electron chi connectivity index (χ3n) is 4.95. The molecule has 5 heteroatoms. The molecule has 0 fully saturated rings. The number of ether oxygens (including phenoxy) is 1. The lowest BCUT2D eigenvalue weighted by Crippen LogP contribution is -2.26. The van der Waals surface area contributed by atoms with Crippen molar-refractivity contribution in [3.63, 3.8) is 0 Å². The second-order valence-electron chi connectivity index (χ2n) is 7.36. The standard InChI is InChI=1S/C24H27NO4/c1-16-6-4-7-19(14-16)28-13-5-12-25-23(26)11-10-21-18(3)20-9-8-17(2)15-22(20)29-24(21)27/h4,6-9,14-15H,5,10-13H2,1-3H3,(H,25,26). The fraction of sp³-hybridized carbons (Fsp3) is 0.333. The minimum absolute atomic E-state index is 0.0802. The molecule has 0 saturated carbocycles. The second-order valence-corrected chi connectivity index (χ2v) is 7.36. The van der Waals surface area contributed by atoms with Crippen molar-refractivity contribution in [1.29, 1.82) is 0 Å². The summed E-state index contributed by atoms with van der Waals surface area (Å²) < 4.78 is 11.1. The number of nitrogens with one attached hydrogen (secondary N) is 1. The van der Waals surface area contributed by atoms with Crippen LogP contribution >= 0.6 is 0 Å². The SMILES string of the molecule is Cc1cccc(OCCCNC(=O)CCc2c(C)c3ccc(C)cc3oc2=O)c1. The van der Waals surface area contributed by atoms with Gasteiger partial charge in [-0.1, -0.05) is 24.3 Å². The molecule has 0 aliphatic rings. The summed E-state index contributed by atoms with van der Waals surface area (Å²) in [7, 11) is 0. The predicted octanol–water partition coefficient (Wildman–Crippen LogP) is 4.24. The second kappa shape index (κ2) is 9.41. The van der Waals surface area contributed by atoms with Gasteiger partial charge in [-0.15, -0.1) is 0 Å². The van der Waals surface area contributed by atoms with E-state index in [4.69, 9.17) is 9.15 Å². The summed E-state index contributed by atoms with van der Waals surface area (Å²) in [6.45, 7) is 6.96. The zero-order valence-corrected chi connectivity index (χ0v) is 17.2. The Bertz CT molecular complexity index is 1070. The van der Waals surface area contributed by atoms with Crippen LogP contribution in [-0.4, -0.2) is 19.1 Å². The highest BCUT2D eigenvalue weighted by Gasteiger charge is 2.13. The van der Waals surface area contributed by atoms with Crippen molar-refractivity contribution >= 4 is 16.9 Å². The van der Waals surface area contributed by atoms with E-state index >= 15 is 0 Å². The molecule has 0 aliphatic heterocycles. The Morgan fingerprint density at radius 3 is 2.66 bits per heavy atom. The minimum atomic E-state index is -0.361. The zero-order chi connectivity index (χ0) is 20.8. The Labute approximate surface area is 170 Å². The molecule has 0 unspecified atom stereocenters. The summed E-state index contributed by atoms with van der Waals surface area (Å²) >= 11 is 0. The molecular weight excluding hydrogens is 366 g/mol. The minimum Gasteiger partial charge on any atom is -0.494 e. The van der Waals surface area contributed by atoms with E-state index in [0.717, 1.165) is 34.2 Å². The van der Waals surface area contributed by atoms with E-state index in [1.54, 1.807) is 0 Å². The monoisotopic (exact) mass is 393 g/mol. The van der Waals surface area contributed by atoms with Crippen LogP contribution in [0.4, 0.5) is 0 Å². The number of carbonyl (C=O) groups excluding carboxylic acids is 1. The van der Waals surface area contributed by atoms with Gasteiger partial charge in [0.1, 0.15) is 11.3 Å². The van der Waals surface area contributed by atoms with Gasteiger partial charge in [0.25, 0.3) is 0 Å². The first kappa shape index (κ1) is 20.6. The predicted molar refractivity (Wildman–Crippen MR) is 115 cm³/mol. The van der Waals surface area contributed by atoms with E-state index in [0.29, 0.717) is 30.7 Å². The van der Waals surface area contributed by atoms with Crippen molar-refractivity contribution in [3.05, 3.63) is 75.1 Å². The third kappa shape index (κ3) is 5.47. The first-order valence-electron chi connectivity index (χ1n) is 9.93. The largest absolute Gasteiger partial charge is 0.494 e. The lowest BCUT2D eigenvalue weighted by Gasteiger charge is -2.09. The molecule has 0 bridgehead atoms. The van der Waals surface area contributed by atoms with Gasteiger partial charge in [-0.25, -0.2) is 4.79 Å². The number of amides is 1. The summed E-state index contributed by atoms with van der Waals surface area (Å²) in [5.74, 6) is 0.758. The highest BCUT2D eigenvalue weighted by molar-refractivity contribution is 5.82. The van der Waals surface area contributed by atoms with Gasteiger partial charge >= 0.3 is 5.63 Å². The molecule has 0 spiro atoms. The van der Waals surface area contributed by atoms with Gasteiger partial charge in [-0.05, 0) is 68.5 Å². The number of hydrogen-bond acceptors (Lipinski definition) is 4. The molecule has 29 heavy (non-hydrogen) atoms. The molecule has 5 nitrogen and oxygen atoms in total. The first-order valence-corrected chi connectivity index (χ1v) is 9.93. The van der Waals surface area contributed by atoms with Gasteiger partial charge < -0.3 is 14.5 Å². The van der Waals surface area contributed by atoms with E-state index in [9.17, 15) is 9.59 Å². The number of fused-ring (bicyclic) bond motifs is 1. The number of rotatable bonds is 8. The Morgan fingerprint density at radius 1 is 1.07 bits per heavy atom. The maximum Gasteiger partial charge on any atom is 0.339 e. The number of hydrogen-bond donors (Lipinski definition) is 1. The third-order valence-corrected chi connectivity index (χ3v) is 4.95. The van der Waals surface area contributed by atoms with Gasteiger partial charge in [-0.3, -0.25) is 4.79 Å². The van der Waals surface area contributed by atoms with Crippen LogP contribution < -0.4 is 15.7 Å². The maximum absolute atomic E-state index is 12.3. The summed E-state index contributed by atoms with van der Waals surface area (Å²) in [5, 5.41) is 3.80. The van der Waals surface area contributed by atoms with Gasteiger partial charge in [0.2, 0.25) is 5.91 Å². The molecule has 0 radical (unpaired) electrons. The Hall–Kier alpha value is -3.08. The van der Waals surface area contributed by atoms with Gasteiger partial charge in [-0.2, -0.15) is 0 Å². The van der Waals surface area contributed by atoms with E-state index in [2.05, 4.69) is 5.32 Å². The van der Waals surface area contributed by atoms with Crippen LogP contribution in [0.25, 0.3) is 11.0 Å². The number of benzene rings is 2. The van der Waals surface area contributed by atoms with Crippen molar-refractivity contribution in [2.45, 2.75) is 40.0 Å². The van der Waals surface area contributed by atoms with E-state index in [1.165, 1.54) is 0 Å². The molecule has 2 aromatic carbocycles. The first-order chi connectivity index (χ1) is 13.9. The van der Waals surface area contributed by atoms with Crippen molar-refractivity contribution in [3.8, 4) is 5.75 Å². The molecule has 0 atom stereocenters. The normalized spacial score (nSPS) is 10.9. The molecule has 1 aromatic heterocycles. The van der Waals surface area contributed by atoms with Crippen LogP contribution in [0.1, 0.15) is 35.1 Å². The smallest absolute Gasteiger partial charge is 0.339 e. The van der Waals surface area contributed by atoms with Gasteiger partial charge in [0.15, 0.2) is 0 Å². The fourth-order valence-corrected chi connectivity index (χ4v) is 3.31. The van der Waals surface area contributed by atoms with Gasteiger partial charge in [0.05, 0.1) is 6.61 Å². The van der Waals surface area contributed by atoms with Crippen LogP contribution in [0.5, 0.6) is 5.75 Å². The summed E-state index contributed by atoms with van der Waals surface area (Å²) in [6.07, 6.45) is 1.33. The maximum atomic E-state index is 12.3. The van der Waals surface area contributed by atoms with E-state index in [1.807, 2.05) is 63.2 Å². The molecular formula is C24H27NO4. The molecule has 3 rings (SSSR count). The highest BCUT2D eigenvalue weighted by atomic mass is 16.5. The highest BCUT2D eigenvalue weighted by Crippen LogP contribution is 2.21. The van der Waals surface area contributed by atoms with Crippen molar-refractivity contribution in [1.82, 2.24) is 5.32 Å². The Kier molecular flexibility index (Phi) is 6.70. The molecule has 1 heterocycles. The van der Waals surface area contributed by atoms with Crippen molar-refractivity contribution in [2.75, 3.05) is 13.2 Å².